The lowest BCUT2D eigenvalue weighted by Crippen LogP contribution is -2.06. The van der Waals surface area contributed by atoms with Gasteiger partial charge in [-0.3, -0.25) is 0 Å². The molecule has 12 heavy (non-hydrogen) atoms. The molecule has 0 unspecified atom stereocenters. The monoisotopic (exact) mass is 168 g/mol. The molecule has 66 valence electrons. The van der Waals surface area contributed by atoms with Gasteiger partial charge in [-0.1, -0.05) is 19.1 Å². The van der Waals surface area contributed by atoms with Crippen molar-refractivity contribution in [2.75, 3.05) is 0 Å². The van der Waals surface area contributed by atoms with Crippen molar-refractivity contribution < 1.29 is 14.3 Å². The van der Waals surface area contributed by atoms with Crippen LogP contribution < -0.4 is 0 Å². The lowest BCUT2D eigenvalue weighted by molar-refractivity contribution is -0.152. The van der Waals surface area contributed by atoms with Crippen LogP contribution in [0.1, 0.15) is 20.3 Å². The molecule has 0 heterocycles. The van der Waals surface area contributed by atoms with E-state index in [0.29, 0.717) is 0 Å². The number of carbonyl (C=O) groups excluding carboxylic acids is 2. The zero-order valence-corrected chi connectivity index (χ0v) is 7.24. The molecule has 0 fully saturated rings. The summed E-state index contributed by atoms with van der Waals surface area (Å²) in [5.74, 6) is -1.26. The number of hydrogen-bond acceptors (Lipinski definition) is 3. The molecule has 0 N–H and O–H groups in total. The summed E-state index contributed by atoms with van der Waals surface area (Å²) < 4.78 is 4.34. The van der Waals surface area contributed by atoms with Gasteiger partial charge in [-0.15, -0.1) is 0 Å². The van der Waals surface area contributed by atoms with E-state index in [-0.39, 0.29) is 0 Å². The summed E-state index contributed by atoms with van der Waals surface area (Å²) >= 11 is 0. The number of rotatable bonds is 3. The van der Waals surface area contributed by atoms with Gasteiger partial charge in [-0.05, 0) is 13.3 Å². The van der Waals surface area contributed by atoms with Crippen molar-refractivity contribution in [3.05, 3.63) is 24.3 Å². The molecule has 3 heteroatoms. The van der Waals surface area contributed by atoms with E-state index in [9.17, 15) is 9.59 Å². The Morgan fingerprint density at radius 1 is 1.25 bits per heavy atom. The molecule has 0 atom stereocenters. The second kappa shape index (κ2) is 6.34. The third-order valence-electron chi connectivity index (χ3n) is 0.994. The van der Waals surface area contributed by atoms with Crippen LogP contribution in [0.3, 0.4) is 0 Å². The standard InChI is InChI=1S/C9H12O3/c1-3-5-7-9(11)12-8(10)6-4-2/h4-7H,3H2,1-2H3/b6-4+,7-5+. The first-order chi connectivity index (χ1) is 5.70. The Hall–Kier alpha value is -1.38. The smallest absolute Gasteiger partial charge is 0.338 e. The van der Waals surface area contributed by atoms with Crippen LogP contribution in [-0.2, 0) is 14.3 Å². The van der Waals surface area contributed by atoms with Crippen LogP contribution in [0.5, 0.6) is 0 Å². The summed E-state index contributed by atoms with van der Waals surface area (Å²) in [6.45, 7) is 3.56. The van der Waals surface area contributed by atoms with Gasteiger partial charge < -0.3 is 4.74 Å². The number of esters is 2. The Labute approximate surface area is 71.7 Å². The first-order valence-electron chi connectivity index (χ1n) is 3.75. The van der Waals surface area contributed by atoms with Crippen molar-refractivity contribution in [1.29, 1.82) is 0 Å². The Balaban J connectivity index is 3.85. The summed E-state index contributed by atoms with van der Waals surface area (Å²) in [5.41, 5.74) is 0. The molecule has 0 aliphatic rings. The molecule has 0 aliphatic carbocycles. The lowest BCUT2D eigenvalue weighted by atomic mass is 10.4. The average molecular weight is 168 g/mol. The lowest BCUT2D eigenvalue weighted by Gasteiger charge is -1.92. The van der Waals surface area contributed by atoms with Gasteiger partial charge in [0.15, 0.2) is 0 Å². The van der Waals surface area contributed by atoms with Gasteiger partial charge in [-0.2, -0.15) is 0 Å². The van der Waals surface area contributed by atoms with Crippen LogP contribution in [0.4, 0.5) is 0 Å². The molecule has 0 spiro atoms. The first-order valence-corrected chi connectivity index (χ1v) is 3.75. The van der Waals surface area contributed by atoms with E-state index in [0.717, 1.165) is 6.42 Å². The molecule has 0 aromatic rings. The summed E-state index contributed by atoms with van der Waals surface area (Å²) in [7, 11) is 0. The van der Waals surface area contributed by atoms with E-state index >= 15 is 0 Å². The van der Waals surface area contributed by atoms with Crippen molar-refractivity contribution in [2.45, 2.75) is 20.3 Å². The van der Waals surface area contributed by atoms with Gasteiger partial charge in [0.05, 0.1) is 0 Å². The molecule has 0 saturated carbocycles. The van der Waals surface area contributed by atoms with Crippen molar-refractivity contribution in [3.63, 3.8) is 0 Å². The third-order valence-corrected chi connectivity index (χ3v) is 0.994. The Morgan fingerprint density at radius 3 is 2.33 bits per heavy atom. The fourth-order valence-corrected chi connectivity index (χ4v) is 0.517. The molecule has 0 bridgehead atoms. The zero-order valence-electron chi connectivity index (χ0n) is 7.24. The highest BCUT2D eigenvalue weighted by Crippen LogP contribution is 1.87. The highest BCUT2D eigenvalue weighted by molar-refractivity contribution is 5.96. The minimum Gasteiger partial charge on any atom is -0.387 e. The van der Waals surface area contributed by atoms with E-state index in [1.807, 2.05) is 6.92 Å². The van der Waals surface area contributed by atoms with Crippen molar-refractivity contribution in [2.24, 2.45) is 0 Å². The van der Waals surface area contributed by atoms with E-state index in [1.54, 1.807) is 13.0 Å². The molecular weight excluding hydrogens is 156 g/mol. The van der Waals surface area contributed by atoms with Crippen LogP contribution in [0.15, 0.2) is 24.3 Å². The number of ether oxygens (including phenoxy) is 1. The quantitative estimate of drug-likeness (QED) is 0.365. The topological polar surface area (TPSA) is 43.4 Å². The van der Waals surface area contributed by atoms with Gasteiger partial charge in [-0.25, -0.2) is 9.59 Å². The molecule has 0 amide bonds. The molecule has 0 aromatic carbocycles. The molecule has 0 aromatic heterocycles. The van der Waals surface area contributed by atoms with Gasteiger partial charge in [0.2, 0.25) is 0 Å². The van der Waals surface area contributed by atoms with Crippen LogP contribution in [0, 0.1) is 0 Å². The van der Waals surface area contributed by atoms with Crippen LogP contribution in [-0.4, -0.2) is 11.9 Å². The highest BCUT2D eigenvalue weighted by Gasteiger charge is 2.01. The molecule has 3 nitrogen and oxygen atoms in total. The Kier molecular flexibility index (Phi) is 5.61. The van der Waals surface area contributed by atoms with E-state index < -0.39 is 11.9 Å². The maximum Gasteiger partial charge on any atom is 0.338 e. The van der Waals surface area contributed by atoms with Crippen molar-refractivity contribution in [3.8, 4) is 0 Å². The van der Waals surface area contributed by atoms with E-state index in [4.69, 9.17) is 0 Å². The second-order valence-electron chi connectivity index (χ2n) is 2.05. The minimum atomic E-state index is -0.636. The molecule has 0 radical (unpaired) electrons. The number of carbonyl (C=O) groups is 2. The largest absolute Gasteiger partial charge is 0.387 e. The van der Waals surface area contributed by atoms with Gasteiger partial charge >= 0.3 is 11.9 Å². The number of allylic oxidation sites excluding steroid dienone is 2. The maximum absolute atomic E-state index is 10.7. The summed E-state index contributed by atoms with van der Waals surface area (Å²) in [4.78, 5) is 21.4. The van der Waals surface area contributed by atoms with Gasteiger partial charge in [0, 0.05) is 12.2 Å². The fourth-order valence-electron chi connectivity index (χ4n) is 0.517. The first kappa shape index (κ1) is 10.6. The maximum atomic E-state index is 10.7. The summed E-state index contributed by atoms with van der Waals surface area (Å²) in [6.07, 6.45) is 6.32. The Morgan fingerprint density at radius 2 is 1.83 bits per heavy atom. The van der Waals surface area contributed by atoms with Crippen molar-refractivity contribution in [1.82, 2.24) is 0 Å². The zero-order chi connectivity index (χ0) is 9.40. The number of hydrogen-bond donors (Lipinski definition) is 0. The van der Waals surface area contributed by atoms with Crippen LogP contribution >= 0.6 is 0 Å². The van der Waals surface area contributed by atoms with Gasteiger partial charge in [0.25, 0.3) is 0 Å². The predicted molar refractivity (Wildman–Crippen MR) is 45.3 cm³/mol. The molecule has 0 aliphatic heterocycles. The van der Waals surface area contributed by atoms with E-state index in [2.05, 4.69) is 4.74 Å². The summed E-state index contributed by atoms with van der Waals surface area (Å²) in [6, 6.07) is 0. The van der Waals surface area contributed by atoms with Crippen LogP contribution in [0.2, 0.25) is 0 Å². The van der Waals surface area contributed by atoms with Gasteiger partial charge in [0.1, 0.15) is 0 Å². The minimum absolute atomic E-state index is 0.625. The second-order valence-corrected chi connectivity index (χ2v) is 2.05. The molecule has 0 rings (SSSR count). The summed E-state index contributed by atoms with van der Waals surface area (Å²) in [5, 5.41) is 0. The average Bonchev–Trinajstić information content (AvgIpc) is 2.01. The third kappa shape index (κ3) is 5.41. The normalized spacial score (nSPS) is 10.8. The molecule has 0 saturated heterocycles. The van der Waals surface area contributed by atoms with Crippen molar-refractivity contribution >= 4 is 11.9 Å². The SMILES string of the molecule is C/C=C/C(=O)OC(=O)/C=C/CC. The molecular formula is C9H12O3. The van der Waals surface area contributed by atoms with Crippen LogP contribution in [0.25, 0.3) is 0 Å². The van der Waals surface area contributed by atoms with E-state index in [1.165, 1.54) is 18.2 Å². The Bertz CT molecular complexity index is 214. The highest BCUT2D eigenvalue weighted by atomic mass is 16.6. The fraction of sp³-hybridized carbons (Fsp3) is 0.333. The predicted octanol–water partition coefficient (Wildman–Crippen LogP) is 1.60.